The largest absolute Gasteiger partial charge is 0.292 e. The highest BCUT2D eigenvalue weighted by Gasteiger charge is 2.19. The highest BCUT2D eigenvalue weighted by Crippen LogP contribution is 2.24. The van der Waals surface area contributed by atoms with E-state index in [2.05, 4.69) is 37.9 Å². The van der Waals surface area contributed by atoms with E-state index >= 15 is 0 Å². The third-order valence-electron chi connectivity index (χ3n) is 4.42. The number of H-pyrrole nitrogens is 1. The molecular weight excluding hydrogens is 436 g/mol. The monoisotopic (exact) mass is 454 g/mol. The van der Waals surface area contributed by atoms with E-state index in [4.69, 9.17) is 0 Å². The SMILES string of the molecule is CCCc1[nH]n(-c2nc3ccccc3s2)c(=O)c1C(C)=Nc1ccc(Br)cc1. The number of aliphatic imine (C=N–C) groups is 1. The van der Waals surface area contributed by atoms with Gasteiger partial charge in [-0.2, -0.15) is 4.68 Å². The van der Waals surface area contributed by atoms with Gasteiger partial charge in [0.15, 0.2) is 0 Å². The molecule has 0 bridgehead atoms. The number of fused-ring (bicyclic) bond motifs is 1. The Hall–Kier alpha value is -2.51. The third-order valence-corrected chi connectivity index (χ3v) is 5.97. The first-order valence-corrected chi connectivity index (χ1v) is 10.7. The molecule has 1 N–H and O–H groups in total. The van der Waals surface area contributed by atoms with Crippen LogP contribution in [0.5, 0.6) is 0 Å². The molecule has 7 heteroatoms. The molecule has 0 atom stereocenters. The average Bonchev–Trinajstić information content (AvgIpc) is 3.24. The molecule has 4 aromatic rings. The van der Waals surface area contributed by atoms with Crippen molar-refractivity contribution in [3.63, 3.8) is 0 Å². The summed E-state index contributed by atoms with van der Waals surface area (Å²) in [5.41, 5.74) is 3.82. The molecule has 2 heterocycles. The van der Waals surface area contributed by atoms with Gasteiger partial charge >= 0.3 is 0 Å². The third kappa shape index (κ3) is 3.59. The normalized spacial score (nSPS) is 12.0. The molecule has 0 spiro atoms. The second-order valence-electron chi connectivity index (χ2n) is 6.49. The zero-order chi connectivity index (χ0) is 19.7. The molecule has 0 saturated carbocycles. The number of nitrogens with one attached hydrogen (secondary N) is 1. The van der Waals surface area contributed by atoms with Gasteiger partial charge in [0.25, 0.3) is 5.56 Å². The van der Waals surface area contributed by atoms with Crippen LogP contribution >= 0.6 is 27.3 Å². The van der Waals surface area contributed by atoms with Gasteiger partial charge in [0.1, 0.15) is 0 Å². The summed E-state index contributed by atoms with van der Waals surface area (Å²) in [4.78, 5) is 22.5. The number of para-hydroxylation sites is 1. The van der Waals surface area contributed by atoms with E-state index in [0.29, 0.717) is 16.4 Å². The number of rotatable bonds is 5. The Labute approximate surface area is 174 Å². The van der Waals surface area contributed by atoms with Gasteiger partial charge in [-0.25, -0.2) is 4.98 Å². The topological polar surface area (TPSA) is 63.0 Å². The maximum atomic E-state index is 13.2. The van der Waals surface area contributed by atoms with Crippen LogP contribution in [0, 0.1) is 0 Å². The van der Waals surface area contributed by atoms with Crippen LogP contribution in [0.1, 0.15) is 31.5 Å². The summed E-state index contributed by atoms with van der Waals surface area (Å²) in [6.07, 6.45) is 1.70. The number of nitrogens with zero attached hydrogens (tertiary/aromatic N) is 3. The van der Waals surface area contributed by atoms with Crippen molar-refractivity contribution in [1.29, 1.82) is 0 Å². The van der Waals surface area contributed by atoms with E-state index in [1.54, 1.807) is 4.68 Å². The van der Waals surface area contributed by atoms with Crippen molar-refractivity contribution in [2.24, 2.45) is 4.99 Å². The van der Waals surface area contributed by atoms with Crippen LogP contribution in [-0.4, -0.2) is 20.5 Å². The van der Waals surface area contributed by atoms with Gasteiger partial charge < -0.3 is 0 Å². The van der Waals surface area contributed by atoms with Gasteiger partial charge in [-0.3, -0.25) is 14.9 Å². The molecule has 0 unspecified atom stereocenters. The van der Waals surface area contributed by atoms with Gasteiger partial charge in [-0.05, 0) is 49.7 Å². The van der Waals surface area contributed by atoms with E-state index in [-0.39, 0.29) is 5.56 Å². The number of halogens is 1. The smallest absolute Gasteiger partial charge is 0.282 e. The maximum absolute atomic E-state index is 13.2. The molecule has 0 amide bonds. The summed E-state index contributed by atoms with van der Waals surface area (Å²) >= 11 is 4.93. The van der Waals surface area contributed by atoms with Gasteiger partial charge in [-0.1, -0.05) is 52.7 Å². The van der Waals surface area contributed by atoms with Crippen LogP contribution in [0.15, 0.2) is 62.8 Å². The highest BCUT2D eigenvalue weighted by molar-refractivity contribution is 9.10. The highest BCUT2D eigenvalue weighted by atomic mass is 79.9. The summed E-state index contributed by atoms with van der Waals surface area (Å²) < 4.78 is 3.60. The first-order chi connectivity index (χ1) is 13.6. The standard InChI is InChI=1S/C21H19BrN4OS/c1-3-6-17-19(13(2)23-15-11-9-14(22)10-12-15)20(27)26(25-17)21-24-16-7-4-5-8-18(16)28-21/h4-5,7-12,25H,3,6H2,1-2H3. The number of aromatic nitrogens is 3. The lowest BCUT2D eigenvalue weighted by Gasteiger charge is -2.01. The molecule has 2 aromatic heterocycles. The second-order valence-corrected chi connectivity index (χ2v) is 8.42. The number of thiazole rings is 1. The lowest BCUT2D eigenvalue weighted by atomic mass is 10.1. The summed E-state index contributed by atoms with van der Waals surface area (Å²) in [6, 6.07) is 15.6. The minimum atomic E-state index is -0.110. The van der Waals surface area contributed by atoms with Crippen molar-refractivity contribution in [2.75, 3.05) is 0 Å². The van der Waals surface area contributed by atoms with Crippen molar-refractivity contribution in [3.05, 3.63) is 74.6 Å². The van der Waals surface area contributed by atoms with Gasteiger partial charge in [-0.15, -0.1) is 0 Å². The fourth-order valence-electron chi connectivity index (χ4n) is 3.14. The predicted octanol–water partition coefficient (Wildman–Crippen LogP) is 5.63. The molecular formula is C21H19BrN4OS. The summed E-state index contributed by atoms with van der Waals surface area (Å²) in [5, 5.41) is 3.91. The van der Waals surface area contributed by atoms with Crippen LogP contribution in [0.25, 0.3) is 15.3 Å². The Morgan fingerprint density at radius 3 is 2.68 bits per heavy atom. The molecule has 0 aliphatic carbocycles. The number of aromatic amines is 1. The van der Waals surface area contributed by atoms with E-state index < -0.39 is 0 Å². The van der Waals surface area contributed by atoms with Crippen molar-refractivity contribution in [3.8, 4) is 5.13 Å². The Kier molecular flexibility index (Phi) is 5.28. The average molecular weight is 455 g/mol. The molecule has 2 aromatic carbocycles. The van der Waals surface area contributed by atoms with Gasteiger partial charge in [0, 0.05) is 10.2 Å². The van der Waals surface area contributed by atoms with E-state index in [0.717, 1.165) is 38.9 Å². The molecule has 0 fully saturated rings. The minimum Gasteiger partial charge on any atom is -0.292 e. The predicted molar refractivity (Wildman–Crippen MR) is 120 cm³/mol. The quantitative estimate of drug-likeness (QED) is 0.397. The van der Waals surface area contributed by atoms with Gasteiger partial charge in [0.05, 0.1) is 27.2 Å². The number of benzene rings is 2. The van der Waals surface area contributed by atoms with E-state index in [1.165, 1.54) is 11.3 Å². The van der Waals surface area contributed by atoms with Crippen LogP contribution in [0.4, 0.5) is 5.69 Å². The molecule has 0 saturated heterocycles. The zero-order valence-electron chi connectivity index (χ0n) is 15.6. The van der Waals surface area contributed by atoms with Crippen molar-refractivity contribution in [1.82, 2.24) is 14.8 Å². The van der Waals surface area contributed by atoms with Crippen molar-refractivity contribution >= 4 is 48.9 Å². The Morgan fingerprint density at radius 2 is 1.96 bits per heavy atom. The van der Waals surface area contributed by atoms with Crippen LogP contribution in [-0.2, 0) is 6.42 Å². The molecule has 142 valence electrons. The van der Waals surface area contributed by atoms with Gasteiger partial charge in [0.2, 0.25) is 5.13 Å². The summed E-state index contributed by atoms with van der Waals surface area (Å²) in [6.45, 7) is 3.98. The molecule has 0 radical (unpaired) electrons. The summed E-state index contributed by atoms with van der Waals surface area (Å²) in [5.74, 6) is 0. The Bertz CT molecular complexity index is 1180. The second kappa shape index (κ2) is 7.85. The number of hydrogen-bond donors (Lipinski definition) is 1. The number of hydrogen-bond acceptors (Lipinski definition) is 4. The molecule has 4 rings (SSSR count). The summed E-state index contributed by atoms with van der Waals surface area (Å²) in [7, 11) is 0. The lowest BCUT2D eigenvalue weighted by Crippen LogP contribution is -2.19. The fraction of sp³-hybridized carbons (Fsp3) is 0.190. The zero-order valence-corrected chi connectivity index (χ0v) is 18.0. The molecule has 28 heavy (non-hydrogen) atoms. The van der Waals surface area contributed by atoms with E-state index in [1.807, 2.05) is 55.5 Å². The molecule has 5 nitrogen and oxygen atoms in total. The van der Waals surface area contributed by atoms with Crippen molar-refractivity contribution in [2.45, 2.75) is 26.7 Å². The van der Waals surface area contributed by atoms with Crippen LogP contribution in [0.3, 0.4) is 0 Å². The molecule has 0 aliphatic rings. The van der Waals surface area contributed by atoms with Crippen molar-refractivity contribution < 1.29 is 0 Å². The first-order valence-electron chi connectivity index (χ1n) is 9.08. The molecule has 0 aliphatic heterocycles. The number of aryl methyl sites for hydroxylation is 1. The lowest BCUT2D eigenvalue weighted by molar-refractivity contribution is 0.790. The van der Waals surface area contributed by atoms with Crippen LogP contribution in [0.2, 0.25) is 0 Å². The Balaban J connectivity index is 1.82. The fourth-order valence-corrected chi connectivity index (χ4v) is 4.33. The van der Waals surface area contributed by atoms with E-state index in [9.17, 15) is 4.79 Å². The minimum absolute atomic E-state index is 0.110. The Morgan fingerprint density at radius 1 is 1.21 bits per heavy atom. The maximum Gasteiger partial charge on any atom is 0.282 e. The first kappa shape index (κ1) is 18.8. The van der Waals surface area contributed by atoms with Crippen LogP contribution < -0.4 is 5.56 Å².